The van der Waals surface area contributed by atoms with Crippen molar-refractivity contribution >= 4 is 6.08 Å². The fraction of sp³-hybridized carbons (Fsp3) is 0.300. The first-order chi connectivity index (χ1) is 11.8. The van der Waals surface area contributed by atoms with Gasteiger partial charge in [-0.25, -0.2) is 8.78 Å². The highest BCUT2D eigenvalue weighted by Crippen LogP contribution is 2.27. The van der Waals surface area contributed by atoms with Crippen LogP contribution in [0.2, 0.25) is 0 Å². The third kappa shape index (κ3) is 5.69. The van der Waals surface area contributed by atoms with Crippen molar-refractivity contribution in [2.45, 2.75) is 38.8 Å². The second kappa shape index (κ2) is 8.28. The average molecular weight is 354 g/mol. The van der Waals surface area contributed by atoms with Crippen LogP contribution in [0.5, 0.6) is 0 Å². The fourth-order valence-corrected chi connectivity index (χ4v) is 2.54. The Hall–Kier alpha value is -2.17. The van der Waals surface area contributed by atoms with Crippen molar-refractivity contribution in [1.82, 2.24) is 0 Å². The summed E-state index contributed by atoms with van der Waals surface area (Å²) in [5.74, 6) is -1.29. The number of rotatable bonds is 6. The maximum absolute atomic E-state index is 14.3. The van der Waals surface area contributed by atoms with Gasteiger partial charge in [0.05, 0.1) is 0 Å². The highest BCUT2D eigenvalue weighted by molar-refractivity contribution is 5.67. The summed E-state index contributed by atoms with van der Waals surface area (Å²) in [5, 5.41) is 0. The van der Waals surface area contributed by atoms with Gasteiger partial charge in [0.25, 0.3) is 0 Å². The molecule has 2 rings (SSSR count). The van der Waals surface area contributed by atoms with E-state index in [4.69, 9.17) is 0 Å². The van der Waals surface area contributed by atoms with Crippen molar-refractivity contribution in [3.8, 4) is 11.1 Å². The lowest BCUT2D eigenvalue weighted by Gasteiger charge is -2.08. The monoisotopic (exact) mass is 354 g/mol. The highest BCUT2D eigenvalue weighted by atomic mass is 19.4. The first-order valence-electron chi connectivity index (χ1n) is 8.14. The Labute approximate surface area is 144 Å². The number of allylic oxidation sites excluding steroid dienone is 1. The molecule has 0 spiro atoms. The summed E-state index contributed by atoms with van der Waals surface area (Å²) in [6.45, 7) is 2.09. The van der Waals surface area contributed by atoms with Crippen LogP contribution in [0.1, 0.15) is 37.3 Å². The average Bonchev–Trinajstić information content (AvgIpc) is 2.53. The maximum atomic E-state index is 14.3. The van der Waals surface area contributed by atoms with Crippen molar-refractivity contribution in [3.63, 3.8) is 0 Å². The molecule has 0 aliphatic heterocycles. The van der Waals surface area contributed by atoms with E-state index in [1.54, 1.807) is 12.1 Å². The number of halogens is 5. The standard InChI is InChI=1S/C20H19F5/c1-2-3-4-5-14-6-9-17(19(22)12-14)16-8-7-15(18(21)13-16)10-11-20(23,24)25/h6-13H,2-5H2,1H3. The lowest BCUT2D eigenvalue weighted by Crippen LogP contribution is -2.00. The lowest BCUT2D eigenvalue weighted by atomic mass is 9.99. The SMILES string of the molecule is CCCCCc1ccc(-c2ccc(C=CC(F)(F)F)c(F)c2)c(F)c1. The summed E-state index contributed by atoms with van der Waals surface area (Å²) >= 11 is 0. The molecule has 25 heavy (non-hydrogen) atoms. The molecule has 0 saturated heterocycles. The van der Waals surface area contributed by atoms with Crippen LogP contribution in [0, 0.1) is 11.6 Å². The maximum Gasteiger partial charge on any atom is 0.409 e. The Morgan fingerprint density at radius 2 is 1.68 bits per heavy atom. The molecule has 0 saturated carbocycles. The second-order valence-corrected chi connectivity index (χ2v) is 5.88. The van der Waals surface area contributed by atoms with Crippen LogP contribution in [-0.4, -0.2) is 6.18 Å². The number of benzene rings is 2. The predicted octanol–water partition coefficient (Wildman–Crippen LogP) is 6.94. The number of hydrogen-bond acceptors (Lipinski definition) is 0. The molecule has 2 aromatic rings. The first-order valence-corrected chi connectivity index (χ1v) is 8.14. The number of hydrogen-bond donors (Lipinski definition) is 0. The largest absolute Gasteiger partial charge is 0.409 e. The van der Waals surface area contributed by atoms with Crippen molar-refractivity contribution in [2.24, 2.45) is 0 Å². The van der Waals surface area contributed by atoms with Gasteiger partial charge < -0.3 is 0 Å². The molecule has 2 aromatic carbocycles. The third-order valence-corrected chi connectivity index (χ3v) is 3.87. The van der Waals surface area contributed by atoms with Gasteiger partial charge in [-0.05, 0) is 42.2 Å². The molecular formula is C20H19F5. The van der Waals surface area contributed by atoms with E-state index in [9.17, 15) is 22.0 Å². The van der Waals surface area contributed by atoms with Gasteiger partial charge in [-0.3, -0.25) is 0 Å². The van der Waals surface area contributed by atoms with Crippen LogP contribution < -0.4 is 0 Å². The van der Waals surface area contributed by atoms with E-state index in [0.29, 0.717) is 11.6 Å². The van der Waals surface area contributed by atoms with E-state index >= 15 is 0 Å². The molecule has 0 fully saturated rings. The smallest absolute Gasteiger partial charge is 0.206 e. The van der Waals surface area contributed by atoms with Gasteiger partial charge in [-0.15, -0.1) is 0 Å². The van der Waals surface area contributed by atoms with E-state index in [2.05, 4.69) is 6.92 Å². The van der Waals surface area contributed by atoms with E-state index < -0.39 is 17.8 Å². The first kappa shape index (κ1) is 19.2. The Morgan fingerprint density at radius 1 is 0.920 bits per heavy atom. The summed E-state index contributed by atoms with van der Waals surface area (Å²) in [6, 6.07) is 8.47. The van der Waals surface area contributed by atoms with Crippen LogP contribution >= 0.6 is 0 Å². The Kier molecular flexibility index (Phi) is 6.34. The molecule has 0 amide bonds. The van der Waals surface area contributed by atoms with E-state index in [-0.39, 0.29) is 17.2 Å². The summed E-state index contributed by atoms with van der Waals surface area (Å²) in [7, 11) is 0. The summed E-state index contributed by atoms with van der Waals surface area (Å²) in [6.07, 6.45) is 0.0229. The molecular weight excluding hydrogens is 335 g/mol. The number of aryl methyl sites for hydroxylation is 1. The van der Waals surface area contributed by atoms with Gasteiger partial charge in [0, 0.05) is 17.2 Å². The van der Waals surface area contributed by atoms with Crippen LogP contribution in [0.3, 0.4) is 0 Å². The Balaban J connectivity index is 2.21. The van der Waals surface area contributed by atoms with Gasteiger partial charge in [-0.1, -0.05) is 44.0 Å². The topological polar surface area (TPSA) is 0 Å². The normalized spacial score (nSPS) is 12.1. The van der Waals surface area contributed by atoms with Gasteiger partial charge in [0.2, 0.25) is 0 Å². The minimum absolute atomic E-state index is 0.0310. The van der Waals surface area contributed by atoms with Gasteiger partial charge in [-0.2, -0.15) is 13.2 Å². The Bertz CT molecular complexity index is 744. The molecule has 0 heterocycles. The third-order valence-electron chi connectivity index (χ3n) is 3.87. The van der Waals surface area contributed by atoms with E-state index in [1.807, 2.05) is 0 Å². The van der Waals surface area contributed by atoms with Crippen LogP contribution in [0.4, 0.5) is 22.0 Å². The van der Waals surface area contributed by atoms with Crippen molar-refractivity contribution < 1.29 is 22.0 Å². The molecule has 134 valence electrons. The zero-order valence-electron chi connectivity index (χ0n) is 13.8. The number of alkyl halides is 3. The molecule has 0 aliphatic rings. The number of unbranched alkanes of at least 4 members (excludes halogenated alkanes) is 2. The van der Waals surface area contributed by atoms with Gasteiger partial charge in [0.1, 0.15) is 11.6 Å². The van der Waals surface area contributed by atoms with Crippen LogP contribution in [0.25, 0.3) is 17.2 Å². The molecule has 0 N–H and O–H groups in total. The van der Waals surface area contributed by atoms with Crippen molar-refractivity contribution in [1.29, 1.82) is 0 Å². The van der Waals surface area contributed by atoms with Gasteiger partial charge >= 0.3 is 6.18 Å². The quantitative estimate of drug-likeness (QED) is 0.389. The molecule has 0 atom stereocenters. The highest BCUT2D eigenvalue weighted by Gasteiger charge is 2.22. The molecule has 0 bridgehead atoms. The molecule has 0 nitrogen and oxygen atoms in total. The zero-order valence-corrected chi connectivity index (χ0v) is 13.8. The minimum Gasteiger partial charge on any atom is -0.206 e. The van der Waals surface area contributed by atoms with Crippen molar-refractivity contribution in [2.75, 3.05) is 0 Å². The van der Waals surface area contributed by atoms with Crippen LogP contribution in [0.15, 0.2) is 42.5 Å². The summed E-state index contributed by atoms with van der Waals surface area (Å²) in [4.78, 5) is 0. The molecule has 0 aromatic heterocycles. The fourth-order valence-electron chi connectivity index (χ4n) is 2.54. The van der Waals surface area contributed by atoms with Crippen LogP contribution in [-0.2, 0) is 6.42 Å². The molecule has 0 radical (unpaired) electrons. The van der Waals surface area contributed by atoms with E-state index in [0.717, 1.165) is 37.3 Å². The summed E-state index contributed by atoms with van der Waals surface area (Å²) < 4.78 is 64.8. The van der Waals surface area contributed by atoms with Crippen molar-refractivity contribution in [3.05, 3.63) is 65.2 Å². The zero-order chi connectivity index (χ0) is 18.4. The predicted molar refractivity (Wildman–Crippen MR) is 90.1 cm³/mol. The minimum atomic E-state index is -4.51. The van der Waals surface area contributed by atoms with E-state index in [1.165, 1.54) is 18.2 Å². The molecule has 0 unspecified atom stereocenters. The lowest BCUT2D eigenvalue weighted by molar-refractivity contribution is -0.0790. The molecule has 0 aliphatic carbocycles. The second-order valence-electron chi connectivity index (χ2n) is 5.88. The summed E-state index contributed by atoms with van der Waals surface area (Å²) in [5.41, 5.74) is 1.20. The Morgan fingerprint density at radius 3 is 2.28 bits per heavy atom. The molecule has 5 heteroatoms. The van der Waals surface area contributed by atoms with Gasteiger partial charge in [0.15, 0.2) is 0 Å².